The lowest BCUT2D eigenvalue weighted by molar-refractivity contribution is 0.0796. The third-order valence-corrected chi connectivity index (χ3v) is 3.91. The van der Waals surface area contributed by atoms with Crippen molar-refractivity contribution in [2.24, 2.45) is 0 Å². The Hall–Kier alpha value is -3.42. The number of carbonyl (C=O) groups excluding carboxylic acids is 1. The van der Waals surface area contributed by atoms with Crippen LogP contribution in [0.4, 0.5) is 20.4 Å². The molecule has 0 bridgehead atoms. The summed E-state index contributed by atoms with van der Waals surface area (Å²) >= 11 is 0. The molecule has 1 amide bonds. The van der Waals surface area contributed by atoms with E-state index in [1.165, 1.54) is 18.5 Å². The molecule has 0 aliphatic heterocycles. The zero-order valence-corrected chi connectivity index (χ0v) is 14.6. The van der Waals surface area contributed by atoms with Crippen LogP contribution in [0.15, 0.2) is 55.1 Å². The number of aromatic nitrogens is 3. The third kappa shape index (κ3) is 4.81. The van der Waals surface area contributed by atoms with Crippen molar-refractivity contribution in [1.29, 1.82) is 0 Å². The van der Waals surface area contributed by atoms with Crippen molar-refractivity contribution < 1.29 is 13.6 Å². The quantitative estimate of drug-likeness (QED) is 0.722. The fraction of sp³-hybridized carbons (Fsp3) is 0.158. The number of halogens is 2. The number of benzene rings is 1. The van der Waals surface area contributed by atoms with Gasteiger partial charge in [0.05, 0.1) is 5.56 Å². The summed E-state index contributed by atoms with van der Waals surface area (Å²) in [5.41, 5.74) is 1.73. The summed E-state index contributed by atoms with van der Waals surface area (Å²) in [5, 5.41) is 2.75. The molecule has 27 heavy (non-hydrogen) atoms. The molecule has 1 N–H and O–H groups in total. The van der Waals surface area contributed by atoms with Crippen LogP contribution in [-0.4, -0.2) is 39.4 Å². The molecule has 0 saturated heterocycles. The van der Waals surface area contributed by atoms with E-state index in [0.717, 1.165) is 17.7 Å². The lowest BCUT2D eigenvalue weighted by Crippen LogP contribution is -2.29. The maximum absolute atomic E-state index is 13.2. The standard InChI is InChI=1S/C19H17F2N5O/c1-26(9-6-13-4-7-22-8-5-13)18(27)14-11-23-19(24-12-14)25-15-2-3-16(20)17(21)10-15/h2-5,7-8,10-12H,6,9H2,1H3,(H,23,24,25). The fourth-order valence-electron chi connectivity index (χ4n) is 2.37. The number of rotatable bonds is 6. The molecule has 138 valence electrons. The minimum Gasteiger partial charge on any atom is -0.341 e. The van der Waals surface area contributed by atoms with Gasteiger partial charge in [-0.1, -0.05) is 0 Å². The molecule has 6 nitrogen and oxygen atoms in total. The maximum Gasteiger partial charge on any atom is 0.256 e. The van der Waals surface area contributed by atoms with E-state index in [1.807, 2.05) is 12.1 Å². The second-order valence-electron chi connectivity index (χ2n) is 5.88. The highest BCUT2D eigenvalue weighted by atomic mass is 19.2. The van der Waals surface area contributed by atoms with Crippen LogP contribution in [0.1, 0.15) is 15.9 Å². The summed E-state index contributed by atoms with van der Waals surface area (Å²) in [4.78, 5) is 26.1. The summed E-state index contributed by atoms with van der Waals surface area (Å²) in [6, 6.07) is 7.19. The third-order valence-electron chi connectivity index (χ3n) is 3.91. The van der Waals surface area contributed by atoms with Gasteiger partial charge in [0.1, 0.15) is 0 Å². The van der Waals surface area contributed by atoms with Crippen molar-refractivity contribution >= 4 is 17.5 Å². The van der Waals surface area contributed by atoms with E-state index < -0.39 is 11.6 Å². The largest absolute Gasteiger partial charge is 0.341 e. The van der Waals surface area contributed by atoms with E-state index in [-0.39, 0.29) is 11.9 Å². The normalized spacial score (nSPS) is 10.5. The number of hydrogen-bond donors (Lipinski definition) is 1. The van der Waals surface area contributed by atoms with Gasteiger partial charge in [0, 0.05) is 50.1 Å². The molecule has 0 atom stereocenters. The first-order chi connectivity index (χ1) is 13.0. The molecule has 2 heterocycles. The monoisotopic (exact) mass is 369 g/mol. The highest BCUT2D eigenvalue weighted by molar-refractivity contribution is 5.93. The molecule has 0 unspecified atom stereocenters. The minimum absolute atomic E-state index is 0.178. The van der Waals surface area contributed by atoms with Gasteiger partial charge in [-0.05, 0) is 36.2 Å². The lowest BCUT2D eigenvalue weighted by Gasteiger charge is -2.17. The Bertz CT molecular complexity index is 919. The van der Waals surface area contributed by atoms with Gasteiger partial charge in [0.2, 0.25) is 5.95 Å². The van der Waals surface area contributed by atoms with Crippen LogP contribution in [0.2, 0.25) is 0 Å². The first-order valence-electron chi connectivity index (χ1n) is 8.21. The van der Waals surface area contributed by atoms with E-state index in [9.17, 15) is 13.6 Å². The zero-order valence-electron chi connectivity index (χ0n) is 14.6. The zero-order chi connectivity index (χ0) is 19.2. The predicted molar refractivity (Wildman–Crippen MR) is 96.6 cm³/mol. The molecule has 0 aliphatic rings. The summed E-state index contributed by atoms with van der Waals surface area (Å²) in [5.74, 6) is -1.93. The molecule has 0 saturated carbocycles. The first-order valence-corrected chi connectivity index (χ1v) is 8.21. The van der Waals surface area contributed by atoms with E-state index >= 15 is 0 Å². The van der Waals surface area contributed by atoms with Crippen LogP contribution in [0.25, 0.3) is 0 Å². The lowest BCUT2D eigenvalue weighted by atomic mass is 10.2. The van der Waals surface area contributed by atoms with Crippen molar-refractivity contribution in [2.45, 2.75) is 6.42 Å². The Balaban J connectivity index is 1.60. The topological polar surface area (TPSA) is 71.0 Å². The molecular weight excluding hydrogens is 352 g/mol. The number of anilines is 2. The number of nitrogens with zero attached hydrogens (tertiary/aromatic N) is 4. The smallest absolute Gasteiger partial charge is 0.256 e. The van der Waals surface area contributed by atoms with Gasteiger partial charge >= 0.3 is 0 Å². The Morgan fingerprint density at radius 1 is 1.07 bits per heavy atom. The van der Waals surface area contributed by atoms with Gasteiger partial charge in [0.15, 0.2) is 11.6 Å². The molecule has 2 aromatic heterocycles. The number of hydrogen-bond acceptors (Lipinski definition) is 5. The minimum atomic E-state index is -0.970. The van der Waals surface area contributed by atoms with Crippen LogP contribution < -0.4 is 5.32 Å². The molecule has 0 radical (unpaired) electrons. The van der Waals surface area contributed by atoms with Crippen molar-refractivity contribution in [2.75, 3.05) is 18.9 Å². The van der Waals surface area contributed by atoms with Crippen LogP contribution in [-0.2, 0) is 6.42 Å². The van der Waals surface area contributed by atoms with Crippen molar-refractivity contribution in [3.63, 3.8) is 0 Å². The van der Waals surface area contributed by atoms with E-state index in [4.69, 9.17) is 0 Å². The number of pyridine rings is 1. The summed E-state index contributed by atoms with van der Waals surface area (Å²) < 4.78 is 26.2. The Kier molecular flexibility index (Phi) is 5.65. The van der Waals surface area contributed by atoms with Crippen LogP contribution >= 0.6 is 0 Å². The van der Waals surface area contributed by atoms with Crippen LogP contribution in [0, 0.1) is 11.6 Å². The van der Waals surface area contributed by atoms with Gasteiger partial charge in [0.25, 0.3) is 5.91 Å². The van der Waals surface area contributed by atoms with Crippen molar-refractivity contribution in [3.8, 4) is 0 Å². The Morgan fingerprint density at radius 3 is 2.44 bits per heavy atom. The molecule has 0 fully saturated rings. The number of carbonyl (C=O) groups is 1. The SMILES string of the molecule is CN(CCc1ccncc1)C(=O)c1cnc(Nc2ccc(F)c(F)c2)nc1. The Morgan fingerprint density at radius 2 is 1.78 bits per heavy atom. The maximum atomic E-state index is 13.2. The molecule has 3 rings (SSSR count). The van der Waals surface area contributed by atoms with Gasteiger partial charge in [-0.25, -0.2) is 18.7 Å². The molecule has 3 aromatic rings. The number of amides is 1. The molecule has 0 spiro atoms. The van der Waals surface area contributed by atoms with Crippen molar-refractivity contribution in [3.05, 3.63) is 77.9 Å². The molecule has 8 heteroatoms. The second kappa shape index (κ2) is 8.31. The van der Waals surface area contributed by atoms with Crippen LogP contribution in [0.3, 0.4) is 0 Å². The van der Waals surface area contributed by atoms with Gasteiger partial charge in [-0.2, -0.15) is 0 Å². The first kappa shape index (κ1) is 18.4. The second-order valence-corrected chi connectivity index (χ2v) is 5.88. The summed E-state index contributed by atoms with van der Waals surface area (Å²) in [7, 11) is 1.71. The molecule has 1 aromatic carbocycles. The highest BCUT2D eigenvalue weighted by Gasteiger charge is 2.13. The molecular formula is C19H17F2N5O. The van der Waals surface area contributed by atoms with E-state index in [2.05, 4.69) is 20.3 Å². The van der Waals surface area contributed by atoms with E-state index in [0.29, 0.717) is 24.2 Å². The predicted octanol–water partition coefficient (Wildman–Crippen LogP) is 3.21. The average molecular weight is 369 g/mol. The number of nitrogens with one attached hydrogen (secondary N) is 1. The van der Waals surface area contributed by atoms with E-state index in [1.54, 1.807) is 24.3 Å². The highest BCUT2D eigenvalue weighted by Crippen LogP contribution is 2.16. The van der Waals surface area contributed by atoms with Crippen molar-refractivity contribution in [1.82, 2.24) is 19.9 Å². The summed E-state index contributed by atoms with van der Waals surface area (Å²) in [6.45, 7) is 0.539. The molecule has 0 aliphatic carbocycles. The van der Waals surface area contributed by atoms with Crippen LogP contribution in [0.5, 0.6) is 0 Å². The number of likely N-dealkylation sites (N-methyl/N-ethyl adjacent to an activating group) is 1. The Labute approximate surface area is 154 Å². The van der Waals surface area contributed by atoms with Gasteiger partial charge < -0.3 is 10.2 Å². The van der Waals surface area contributed by atoms with Gasteiger partial charge in [-0.3, -0.25) is 9.78 Å². The average Bonchev–Trinajstić information content (AvgIpc) is 2.70. The van der Waals surface area contributed by atoms with Gasteiger partial charge in [-0.15, -0.1) is 0 Å². The fourth-order valence-corrected chi connectivity index (χ4v) is 2.37. The summed E-state index contributed by atoms with van der Waals surface area (Å²) in [6.07, 6.45) is 6.91.